The molecule has 1 heterocycles. The van der Waals surface area contributed by atoms with E-state index in [0.29, 0.717) is 6.04 Å². The SMILES string of the molecule is Cc1ccc([C@@H]2CN[C@@H](C)CO2)cc1. The molecule has 0 aliphatic carbocycles. The Hall–Kier alpha value is -0.860. The second-order valence-corrected chi connectivity index (χ2v) is 4.04. The van der Waals surface area contributed by atoms with Crippen LogP contribution in [0.5, 0.6) is 0 Å². The zero-order chi connectivity index (χ0) is 9.97. The first-order chi connectivity index (χ1) is 6.75. The summed E-state index contributed by atoms with van der Waals surface area (Å²) in [5.74, 6) is 0. The van der Waals surface area contributed by atoms with Crippen molar-refractivity contribution in [1.29, 1.82) is 0 Å². The minimum absolute atomic E-state index is 0.229. The molecule has 1 aromatic carbocycles. The van der Waals surface area contributed by atoms with Crippen LogP contribution in [-0.4, -0.2) is 19.2 Å². The van der Waals surface area contributed by atoms with Crippen LogP contribution in [0, 0.1) is 6.92 Å². The van der Waals surface area contributed by atoms with Gasteiger partial charge in [-0.1, -0.05) is 29.8 Å². The molecular formula is C12H17NO. The lowest BCUT2D eigenvalue weighted by Gasteiger charge is -2.28. The maximum absolute atomic E-state index is 5.75. The Labute approximate surface area is 85.3 Å². The Bertz CT molecular complexity index is 286. The molecule has 0 unspecified atom stereocenters. The van der Waals surface area contributed by atoms with E-state index in [1.165, 1.54) is 11.1 Å². The standard InChI is InChI=1S/C12H17NO/c1-9-3-5-11(6-4-9)12-7-13-10(2)8-14-12/h3-6,10,12-13H,7-8H2,1-2H3/t10-,12-/m0/s1. The molecule has 1 N–H and O–H groups in total. The minimum Gasteiger partial charge on any atom is -0.371 e. The second-order valence-electron chi connectivity index (χ2n) is 4.04. The van der Waals surface area contributed by atoms with Crippen molar-refractivity contribution in [3.8, 4) is 0 Å². The predicted octanol–water partition coefficient (Wildman–Crippen LogP) is 2.04. The van der Waals surface area contributed by atoms with Gasteiger partial charge in [-0.15, -0.1) is 0 Å². The third-order valence-electron chi connectivity index (χ3n) is 2.65. The summed E-state index contributed by atoms with van der Waals surface area (Å²) in [6.45, 7) is 5.97. The van der Waals surface area contributed by atoms with Crippen molar-refractivity contribution in [2.45, 2.75) is 26.0 Å². The Morgan fingerprint density at radius 2 is 2.00 bits per heavy atom. The molecular weight excluding hydrogens is 174 g/mol. The van der Waals surface area contributed by atoms with E-state index in [0.717, 1.165) is 13.2 Å². The Morgan fingerprint density at radius 3 is 2.57 bits per heavy atom. The number of hydrogen-bond acceptors (Lipinski definition) is 2. The van der Waals surface area contributed by atoms with Gasteiger partial charge in [0.25, 0.3) is 0 Å². The number of benzene rings is 1. The molecule has 1 aromatic rings. The molecule has 76 valence electrons. The zero-order valence-corrected chi connectivity index (χ0v) is 8.79. The Morgan fingerprint density at radius 1 is 1.29 bits per heavy atom. The number of rotatable bonds is 1. The number of morpholine rings is 1. The van der Waals surface area contributed by atoms with Gasteiger partial charge in [-0.25, -0.2) is 0 Å². The molecule has 2 heteroatoms. The van der Waals surface area contributed by atoms with Crippen LogP contribution in [0.25, 0.3) is 0 Å². The fraction of sp³-hybridized carbons (Fsp3) is 0.500. The molecule has 1 saturated heterocycles. The summed E-state index contributed by atoms with van der Waals surface area (Å²) in [6.07, 6.45) is 0.229. The van der Waals surface area contributed by atoms with Crippen LogP contribution in [-0.2, 0) is 4.74 Å². The maximum atomic E-state index is 5.75. The summed E-state index contributed by atoms with van der Waals surface area (Å²) < 4.78 is 5.75. The van der Waals surface area contributed by atoms with E-state index in [1.54, 1.807) is 0 Å². The van der Waals surface area contributed by atoms with Crippen LogP contribution in [0.1, 0.15) is 24.2 Å². The van der Waals surface area contributed by atoms with Crippen LogP contribution in [0.15, 0.2) is 24.3 Å². The Balaban J connectivity index is 2.05. The topological polar surface area (TPSA) is 21.3 Å². The summed E-state index contributed by atoms with van der Waals surface area (Å²) in [5.41, 5.74) is 2.57. The van der Waals surface area contributed by atoms with Gasteiger partial charge >= 0.3 is 0 Å². The highest BCUT2D eigenvalue weighted by Crippen LogP contribution is 2.20. The van der Waals surface area contributed by atoms with Crippen LogP contribution < -0.4 is 5.32 Å². The van der Waals surface area contributed by atoms with Gasteiger partial charge in [0.15, 0.2) is 0 Å². The fourth-order valence-electron chi connectivity index (χ4n) is 1.68. The van der Waals surface area contributed by atoms with Gasteiger partial charge in [0.05, 0.1) is 12.7 Å². The van der Waals surface area contributed by atoms with Crippen molar-refractivity contribution in [3.63, 3.8) is 0 Å². The van der Waals surface area contributed by atoms with E-state index in [1.807, 2.05) is 0 Å². The first kappa shape index (κ1) is 9.69. The van der Waals surface area contributed by atoms with Gasteiger partial charge in [-0.05, 0) is 19.4 Å². The van der Waals surface area contributed by atoms with Crippen molar-refractivity contribution in [2.24, 2.45) is 0 Å². The molecule has 0 aromatic heterocycles. The molecule has 0 amide bonds. The fourth-order valence-corrected chi connectivity index (χ4v) is 1.68. The van der Waals surface area contributed by atoms with Crippen molar-refractivity contribution >= 4 is 0 Å². The lowest BCUT2D eigenvalue weighted by molar-refractivity contribution is 0.00695. The largest absolute Gasteiger partial charge is 0.371 e. The van der Waals surface area contributed by atoms with E-state index in [9.17, 15) is 0 Å². The lowest BCUT2D eigenvalue weighted by atomic mass is 10.1. The van der Waals surface area contributed by atoms with Gasteiger partial charge in [0, 0.05) is 12.6 Å². The average molecular weight is 191 g/mol. The van der Waals surface area contributed by atoms with E-state index < -0.39 is 0 Å². The summed E-state index contributed by atoms with van der Waals surface area (Å²) in [5, 5.41) is 3.42. The van der Waals surface area contributed by atoms with Crippen LogP contribution in [0.3, 0.4) is 0 Å². The first-order valence-electron chi connectivity index (χ1n) is 5.17. The molecule has 1 fully saturated rings. The highest BCUT2D eigenvalue weighted by atomic mass is 16.5. The smallest absolute Gasteiger partial charge is 0.0950 e. The van der Waals surface area contributed by atoms with Gasteiger partial charge in [0.2, 0.25) is 0 Å². The van der Waals surface area contributed by atoms with Crippen molar-refractivity contribution in [3.05, 3.63) is 35.4 Å². The average Bonchev–Trinajstić information content (AvgIpc) is 2.21. The first-order valence-corrected chi connectivity index (χ1v) is 5.17. The molecule has 2 nitrogen and oxygen atoms in total. The highest BCUT2D eigenvalue weighted by Gasteiger charge is 2.18. The van der Waals surface area contributed by atoms with Crippen molar-refractivity contribution < 1.29 is 4.74 Å². The second kappa shape index (κ2) is 4.11. The number of nitrogens with one attached hydrogen (secondary N) is 1. The molecule has 0 bridgehead atoms. The molecule has 1 aliphatic rings. The molecule has 2 rings (SSSR count). The summed E-state index contributed by atoms with van der Waals surface area (Å²) in [4.78, 5) is 0. The number of ether oxygens (including phenoxy) is 1. The molecule has 1 aliphatic heterocycles. The van der Waals surface area contributed by atoms with Crippen molar-refractivity contribution in [1.82, 2.24) is 5.32 Å². The van der Waals surface area contributed by atoms with Crippen LogP contribution in [0.2, 0.25) is 0 Å². The quantitative estimate of drug-likeness (QED) is 0.733. The van der Waals surface area contributed by atoms with Crippen molar-refractivity contribution in [2.75, 3.05) is 13.2 Å². The maximum Gasteiger partial charge on any atom is 0.0950 e. The monoisotopic (exact) mass is 191 g/mol. The summed E-state index contributed by atoms with van der Waals surface area (Å²) in [6, 6.07) is 9.06. The third kappa shape index (κ3) is 2.14. The van der Waals surface area contributed by atoms with E-state index >= 15 is 0 Å². The number of hydrogen-bond donors (Lipinski definition) is 1. The molecule has 2 atom stereocenters. The minimum atomic E-state index is 0.229. The van der Waals surface area contributed by atoms with Gasteiger partial charge in [-0.3, -0.25) is 0 Å². The molecule has 0 saturated carbocycles. The van der Waals surface area contributed by atoms with Crippen LogP contribution in [0.4, 0.5) is 0 Å². The summed E-state index contributed by atoms with van der Waals surface area (Å²) in [7, 11) is 0. The molecule has 0 spiro atoms. The van der Waals surface area contributed by atoms with Gasteiger partial charge < -0.3 is 10.1 Å². The normalized spacial score (nSPS) is 27.6. The summed E-state index contributed by atoms with van der Waals surface area (Å²) >= 11 is 0. The van der Waals surface area contributed by atoms with E-state index in [4.69, 9.17) is 4.74 Å². The predicted molar refractivity (Wildman–Crippen MR) is 57.3 cm³/mol. The number of aryl methyl sites for hydroxylation is 1. The van der Waals surface area contributed by atoms with Gasteiger partial charge in [0.1, 0.15) is 0 Å². The Kier molecular flexibility index (Phi) is 2.85. The molecule has 0 radical (unpaired) electrons. The molecule has 14 heavy (non-hydrogen) atoms. The zero-order valence-electron chi connectivity index (χ0n) is 8.79. The van der Waals surface area contributed by atoms with Crippen LogP contribution >= 0.6 is 0 Å². The third-order valence-corrected chi connectivity index (χ3v) is 2.65. The highest BCUT2D eigenvalue weighted by molar-refractivity contribution is 5.23. The lowest BCUT2D eigenvalue weighted by Crippen LogP contribution is -2.40. The van der Waals surface area contributed by atoms with E-state index in [2.05, 4.69) is 43.4 Å². The van der Waals surface area contributed by atoms with E-state index in [-0.39, 0.29) is 6.10 Å². The van der Waals surface area contributed by atoms with Gasteiger partial charge in [-0.2, -0.15) is 0 Å².